The second kappa shape index (κ2) is 4.37. The molecule has 5 nitrogen and oxygen atoms in total. The van der Waals surface area contributed by atoms with Gasteiger partial charge in [0.15, 0.2) is 12.6 Å². The first-order chi connectivity index (χ1) is 4.52. The average molecular weight is 166 g/mol. The van der Waals surface area contributed by atoms with Crippen molar-refractivity contribution in [2.45, 2.75) is 26.4 Å². The van der Waals surface area contributed by atoms with E-state index in [0.717, 1.165) is 0 Å². The molecule has 0 saturated heterocycles. The molecule has 0 aromatic rings. The van der Waals surface area contributed by atoms with Gasteiger partial charge < -0.3 is 19.1 Å². The second-order valence-corrected chi connectivity index (χ2v) is 2.66. The van der Waals surface area contributed by atoms with E-state index in [0.29, 0.717) is 0 Å². The van der Waals surface area contributed by atoms with Gasteiger partial charge in [-0.1, -0.05) is 0 Å². The molecule has 0 radical (unpaired) electrons. The molecular weight excluding hydrogens is 156 g/mol. The average Bonchev–Trinajstić information content (AvgIpc) is 1.58. The van der Waals surface area contributed by atoms with Crippen LogP contribution < -0.4 is 0 Å². The van der Waals surface area contributed by atoms with Gasteiger partial charge in [0.1, 0.15) is 0 Å². The van der Waals surface area contributed by atoms with Crippen LogP contribution in [0.1, 0.15) is 13.8 Å². The standard InChI is InChI=1S/C4H10O5Si/c1-3(5)8-10(7)9-4(2)6/h3-6H,1-2H3. The van der Waals surface area contributed by atoms with Gasteiger partial charge in [0.2, 0.25) is 0 Å². The van der Waals surface area contributed by atoms with Crippen molar-refractivity contribution in [3.8, 4) is 0 Å². The lowest BCUT2D eigenvalue weighted by molar-refractivity contribution is -0.0700. The van der Waals surface area contributed by atoms with Crippen LogP contribution in [0.2, 0.25) is 0 Å². The molecule has 2 unspecified atom stereocenters. The normalized spacial score (nSPS) is 15.6. The zero-order chi connectivity index (χ0) is 8.15. The van der Waals surface area contributed by atoms with E-state index in [-0.39, 0.29) is 0 Å². The van der Waals surface area contributed by atoms with Crippen molar-refractivity contribution in [1.29, 1.82) is 0 Å². The molecule has 0 aromatic heterocycles. The largest absolute Gasteiger partial charge is 0.771 e. The molecule has 0 spiro atoms. The molecule has 10 heavy (non-hydrogen) atoms. The van der Waals surface area contributed by atoms with E-state index in [1.165, 1.54) is 13.8 Å². The Labute approximate surface area is 60.1 Å². The van der Waals surface area contributed by atoms with Crippen molar-refractivity contribution in [3.63, 3.8) is 0 Å². The number of aliphatic hydroxyl groups excluding tert-OH is 2. The van der Waals surface area contributed by atoms with Gasteiger partial charge in [-0.15, -0.1) is 0 Å². The fourth-order valence-corrected chi connectivity index (χ4v) is 0.919. The van der Waals surface area contributed by atoms with Crippen LogP contribution in [0.15, 0.2) is 0 Å². The van der Waals surface area contributed by atoms with Crippen molar-refractivity contribution < 1.29 is 23.5 Å². The molecule has 6 heteroatoms. The van der Waals surface area contributed by atoms with E-state index in [1.807, 2.05) is 0 Å². The summed E-state index contributed by atoms with van der Waals surface area (Å²) >= 11 is 0. The van der Waals surface area contributed by atoms with E-state index < -0.39 is 21.8 Å². The third-order valence-electron chi connectivity index (χ3n) is 0.534. The van der Waals surface area contributed by atoms with Crippen LogP contribution in [0.4, 0.5) is 0 Å². The zero-order valence-electron chi connectivity index (χ0n) is 5.77. The van der Waals surface area contributed by atoms with Gasteiger partial charge in [-0.05, 0) is 13.8 Å². The quantitative estimate of drug-likeness (QED) is 0.418. The minimum atomic E-state index is -2.74. The minimum Gasteiger partial charge on any atom is -0.470 e. The topological polar surface area (TPSA) is 76.0 Å². The van der Waals surface area contributed by atoms with Crippen LogP contribution in [0, 0.1) is 0 Å². The van der Waals surface area contributed by atoms with Gasteiger partial charge in [0, 0.05) is 0 Å². The molecular formula is C4H10O5Si. The summed E-state index contributed by atoms with van der Waals surface area (Å²) in [7, 11) is -2.74. The first-order valence-corrected chi connectivity index (χ1v) is 3.98. The van der Waals surface area contributed by atoms with Gasteiger partial charge in [-0.3, -0.25) is 4.46 Å². The number of aliphatic hydroxyl groups is 2. The van der Waals surface area contributed by atoms with Gasteiger partial charge in [-0.25, -0.2) is 0 Å². The predicted octanol–water partition coefficient (Wildman–Crippen LogP) is -0.888. The Morgan fingerprint density at radius 3 is 1.70 bits per heavy atom. The molecule has 2 N–H and O–H groups in total. The summed E-state index contributed by atoms with van der Waals surface area (Å²) in [5, 5.41) is 17.0. The first-order valence-electron chi connectivity index (χ1n) is 2.75. The molecule has 2 atom stereocenters. The molecule has 0 rings (SSSR count). The van der Waals surface area contributed by atoms with E-state index >= 15 is 0 Å². The van der Waals surface area contributed by atoms with Gasteiger partial charge in [0.25, 0.3) is 0 Å². The Kier molecular flexibility index (Phi) is 4.17. The van der Waals surface area contributed by atoms with Crippen molar-refractivity contribution >= 4 is 9.17 Å². The van der Waals surface area contributed by atoms with E-state index in [1.54, 1.807) is 0 Å². The van der Waals surface area contributed by atoms with Crippen LogP contribution in [0.3, 0.4) is 0 Å². The van der Waals surface area contributed by atoms with Crippen LogP contribution >= 0.6 is 0 Å². The maximum atomic E-state index is 10.5. The summed E-state index contributed by atoms with van der Waals surface area (Å²) in [6, 6.07) is 0. The van der Waals surface area contributed by atoms with Crippen LogP contribution in [0.5, 0.6) is 0 Å². The lowest BCUT2D eigenvalue weighted by atomic mass is 10.8. The summed E-state index contributed by atoms with van der Waals surface area (Å²) in [6.45, 7) is 2.60. The number of rotatable bonds is 4. The van der Waals surface area contributed by atoms with E-state index in [2.05, 4.69) is 8.85 Å². The second-order valence-electron chi connectivity index (χ2n) is 1.68. The van der Waals surface area contributed by atoms with Crippen molar-refractivity contribution in [3.05, 3.63) is 0 Å². The summed E-state index contributed by atoms with van der Waals surface area (Å²) in [5.41, 5.74) is 0. The van der Waals surface area contributed by atoms with Gasteiger partial charge >= 0.3 is 9.17 Å². The van der Waals surface area contributed by atoms with E-state index in [9.17, 15) is 4.46 Å². The maximum Gasteiger partial charge on any atom is 0.771 e. The summed E-state index contributed by atoms with van der Waals surface area (Å²) < 4.78 is 19.0. The van der Waals surface area contributed by atoms with Crippen molar-refractivity contribution in [1.82, 2.24) is 0 Å². The molecule has 0 amide bonds. The molecule has 0 saturated carbocycles. The Morgan fingerprint density at radius 2 is 1.50 bits per heavy atom. The molecule has 0 heterocycles. The summed E-state index contributed by atoms with van der Waals surface area (Å²) in [6.07, 6.45) is -2.27. The third kappa shape index (κ3) is 5.67. The molecule has 0 aliphatic carbocycles. The van der Waals surface area contributed by atoms with Crippen molar-refractivity contribution in [2.24, 2.45) is 0 Å². The van der Waals surface area contributed by atoms with E-state index in [4.69, 9.17) is 10.2 Å². The van der Waals surface area contributed by atoms with Crippen molar-refractivity contribution in [2.75, 3.05) is 0 Å². The highest BCUT2D eigenvalue weighted by Gasteiger charge is 2.15. The highest BCUT2D eigenvalue weighted by molar-refractivity contribution is 6.26. The Balaban J connectivity index is 3.44. The highest BCUT2D eigenvalue weighted by atomic mass is 28.3. The monoisotopic (exact) mass is 166 g/mol. The maximum absolute atomic E-state index is 10.5. The van der Waals surface area contributed by atoms with Gasteiger partial charge in [-0.2, -0.15) is 0 Å². The number of hydrogen-bond acceptors (Lipinski definition) is 5. The summed E-state index contributed by atoms with van der Waals surface area (Å²) in [5.74, 6) is 0. The predicted molar refractivity (Wildman–Crippen MR) is 32.0 cm³/mol. The Hall–Kier alpha value is -0.463. The molecule has 0 aliphatic rings. The lowest BCUT2D eigenvalue weighted by Gasteiger charge is -2.08. The van der Waals surface area contributed by atoms with Crippen LogP contribution in [-0.4, -0.2) is 32.0 Å². The molecule has 0 fully saturated rings. The fraction of sp³-hybridized carbons (Fsp3) is 1.00. The zero-order valence-corrected chi connectivity index (χ0v) is 6.77. The summed E-state index contributed by atoms with van der Waals surface area (Å²) in [4.78, 5) is 0. The molecule has 0 bridgehead atoms. The number of hydrogen-bond donors (Lipinski definition) is 2. The van der Waals surface area contributed by atoms with Crippen LogP contribution in [0.25, 0.3) is 0 Å². The lowest BCUT2D eigenvalue weighted by Crippen LogP contribution is -2.23. The molecule has 0 aromatic carbocycles. The smallest absolute Gasteiger partial charge is 0.470 e. The first kappa shape index (κ1) is 9.54. The third-order valence-corrected chi connectivity index (χ3v) is 1.60. The SMILES string of the molecule is CC(O)O[Si](=O)OC(C)O. The molecule has 60 valence electrons. The minimum absolute atomic E-state index is 1.13. The highest BCUT2D eigenvalue weighted by Crippen LogP contribution is 1.89. The fourth-order valence-electron chi connectivity index (χ4n) is 0.306. The van der Waals surface area contributed by atoms with Crippen LogP contribution in [-0.2, 0) is 13.3 Å². The molecule has 0 aliphatic heterocycles. The Bertz CT molecular complexity index is 100. The Morgan fingerprint density at radius 1 is 1.20 bits per heavy atom. The van der Waals surface area contributed by atoms with Gasteiger partial charge in [0.05, 0.1) is 0 Å².